The van der Waals surface area contributed by atoms with E-state index >= 15 is 0 Å². The number of hydrogen-bond acceptors (Lipinski definition) is 1. The maximum Gasteiger partial charge on any atom is 0.0681 e. The van der Waals surface area contributed by atoms with Crippen LogP contribution in [0, 0.1) is 0 Å². The Bertz CT molecular complexity index is 1160. The summed E-state index contributed by atoms with van der Waals surface area (Å²) in [5, 5.41) is 0. The van der Waals surface area contributed by atoms with Crippen molar-refractivity contribution in [3.63, 3.8) is 0 Å². The van der Waals surface area contributed by atoms with Gasteiger partial charge in [-0.1, -0.05) is 121 Å². The van der Waals surface area contributed by atoms with Crippen LogP contribution < -0.4 is 0 Å². The Balaban J connectivity index is 1.72. The van der Waals surface area contributed by atoms with E-state index in [1.165, 1.54) is 22.3 Å². The maximum atomic E-state index is 2.50. The summed E-state index contributed by atoms with van der Waals surface area (Å²) in [5.74, 6) is 0. The van der Waals surface area contributed by atoms with Crippen LogP contribution in [0.25, 0.3) is 12.2 Å². The van der Waals surface area contributed by atoms with Gasteiger partial charge in [-0.25, -0.2) is 0 Å². The fourth-order valence-electron chi connectivity index (χ4n) is 6.61. The molecular formula is C28H20S. The van der Waals surface area contributed by atoms with Gasteiger partial charge in [0.25, 0.3) is 0 Å². The molecule has 0 saturated carbocycles. The maximum absolute atomic E-state index is 2.50. The third-order valence-electron chi connectivity index (χ3n) is 7.59. The number of hydrogen-bond donors (Lipinski definition) is 0. The highest BCUT2D eigenvalue weighted by atomic mass is 32.2. The molecule has 0 amide bonds. The van der Waals surface area contributed by atoms with Gasteiger partial charge in [-0.3, -0.25) is 0 Å². The molecule has 1 heterocycles. The Labute approximate surface area is 175 Å². The van der Waals surface area contributed by atoms with Crippen molar-refractivity contribution in [2.45, 2.75) is 20.3 Å². The van der Waals surface area contributed by atoms with Gasteiger partial charge in [0.15, 0.2) is 0 Å². The van der Waals surface area contributed by atoms with E-state index in [-0.39, 0.29) is 20.3 Å². The predicted molar refractivity (Wildman–Crippen MR) is 124 cm³/mol. The van der Waals surface area contributed by atoms with E-state index in [1.54, 1.807) is 0 Å². The lowest BCUT2D eigenvalue weighted by Crippen LogP contribution is -2.61. The van der Waals surface area contributed by atoms with Crippen LogP contribution in [0.2, 0.25) is 0 Å². The van der Waals surface area contributed by atoms with Crippen LogP contribution in [0.4, 0.5) is 0 Å². The molecule has 1 heteroatoms. The van der Waals surface area contributed by atoms with Crippen molar-refractivity contribution in [1.29, 1.82) is 0 Å². The Morgan fingerprint density at radius 2 is 0.931 bits per heavy atom. The Hall–Kier alpha value is -2.77. The van der Waals surface area contributed by atoms with Crippen LogP contribution in [-0.4, -0.2) is 9.49 Å². The Morgan fingerprint density at radius 3 is 1.45 bits per heavy atom. The second kappa shape index (κ2) is 5.04. The molecule has 0 spiro atoms. The number of thioether (sulfide) groups is 1. The molecule has 29 heavy (non-hydrogen) atoms. The summed E-state index contributed by atoms with van der Waals surface area (Å²) in [5.41, 5.74) is 5.16. The fraction of sp³-hybridized carbons (Fsp3) is 0.143. The minimum atomic E-state index is -0.188. The van der Waals surface area contributed by atoms with Gasteiger partial charge in [-0.05, 0) is 22.3 Å². The molecular weight excluding hydrogens is 368 g/mol. The molecule has 2 aromatic rings. The summed E-state index contributed by atoms with van der Waals surface area (Å²) in [6.45, 7) is 0. The molecule has 7 rings (SSSR count). The van der Waals surface area contributed by atoms with E-state index in [0.29, 0.717) is 0 Å². The number of allylic oxidation sites excluding steroid dienone is 6. The van der Waals surface area contributed by atoms with Crippen LogP contribution in [0.1, 0.15) is 22.3 Å². The molecule has 1 fully saturated rings. The number of benzene rings is 2. The SMILES string of the molecule is C1=CC23C=Cc4ccccc4C2(C=C1)C12C=CC=CC1(C=Cc1ccccc12)S3. The average Bonchev–Trinajstić information content (AvgIpc) is 3.05. The van der Waals surface area contributed by atoms with Crippen molar-refractivity contribution in [2.75, 3.05) is 0 Å². The normalized spacial score (nSPS) is 38.6. The first-order valence-corrected chi connectivity index (χ1v) is 11.1. The van der Waals surface area contributed by atoms with Gasteiger partial charge in [0.1, 0.15) is 0 Å². The molecule has 4 atom stereocenters. The van der Waals surface area contributed by atoms with Crippen molar-refractivity contribution in [1.82, 2.24) is 0 Å². The minimum Gasteiger partial charge on any atom is -0.129 e. The van der Waals surface area contributed by atoms with Gasteiger partial charge in [-0.15, -0.1) is 11.8 Å². The molecule has 0 nitrogen and oxygen atoms in total. The van der Waals surface area contributed by atoms with Gasteiger partial charge in [-0.2, -0.15) is 0 Å². The number of fused-ring (bicyclic) bond motifs is 2. The second-order valence-electron chi connectivity index (χ2n) is 8.58. The zero-order valence-corrected chi connectivity index (χ0v) is 16.8. The van der Waals surface area contributed by atoms with Gasteiger partial charge in [0.05, 0.1) is 20.3 Å². The van der Waals surface area contributed by atoms with E-state index in [4.69, 9.17) is 0 Å². The van der Waals surface area contributed by atoms with Gasteiger partial charge in [0, 0.05) is 0 Å². The summed E-state index contributed by atoms with van der Waals surface area (Å²) in [4.78, 5) is 0. The van der Waals surface area contributed by atoms with E-state index in [2.05, 4.69) is 133 Å². The smallest absolute Gasteiger partial charge is 0.0681 e. The van der Waals surface area contributed by atoms with Crippen LogP contribution in [0.15, 0.2) is 109 Å². The molecule has 5 aliphatic rings. The Morgan fingerprint density at radius 1 is 0.483 bits per heavy atom. The lowest BCUT2D eigenvalue weighted by atomic mass is 9.43. The summed E-state index contributed by atoms with van der Waals surface area (Å²) < 4.78 is -0.256. The van der Waals surface area contributed by atoms with Crippen molar-refractivity contribution in [2.24, 2.45) is 0 Å². The molecule has 0 radical (unpaired) electrons. The lowest BCUT2D eigenvalue weighted by Gasteiger charge is -2.56. The van der Waals surface area contributed by atoms with Crippen molar-refractivity contribution >= 4 is 23.9 Å². The highest BCUT2D eigenvalue weighted by Gasteiger charge is 2.76. The molecule has 1 saturated heterocycles. The topological polar surface area (TPSA) is 0 Å². The van der Waals surface area contributed by atoms with Crippen LogP contribution in [0.3, 0.4) is 0 Å². The van der Waals surface area contributed by atoms with E-state index < -0.39 is 0 Å². The van der Waals surface area contributed by atoms with E-state index in [0.717, 1.165) is 0 Å². The van der Waals surface area contributed by atoms with Crippen LogP contribution >= 0.6 is 11.8 Å². The van der Waals surface area contributed by atoms with Gasteiger partial charge < -0.3 is 0 Å². The highest BCUT2D eigenvalue weighted by molar-refractivity contribution is 8.03. The van der Waals surface area contributed by atoms with Crippen molar-refractivity contribution in [3.05, 3.63) is 132 Å². The van der Waals surface area contributed by atoms with Crippen LogP contribution in [-0.2, 0) is 10.8 Å². The fourth-order valence-corrected chi connectivity index (χ4v) is 8.73. The molecule has 0 aromatic heterocycles. The third-order valence-corrected chi connectivity index (χ3v) is 9.45. The van der Waals surface area contributed by atoms with Crippen LogP contribution in [0.5, 0.6) is 0 Å². The summed E-state index contributed by atoms with van der Waals surface area (Å²) in [7, 11) is 0. The Kier molecular flexibility index (Phi) is 2.79. The zero-order valence-electron chi connectivity index (χ0n) is 16.0. The zero-order chi connectivity index (χ0) is 19.2. The first-order valence-electron chi connectivity index (χ1n) is 10.3. The summed E-state index contributed by atoms with van der Waals surface area (Å²) in [6, 6.07) is 18.0. The average molecular weight is 389 g/mol. The molecule has 138 valence electrons. The predicted octanol–water partition coefficient (Wildman–Crippen LogP) is 6.39. The minimum absolute atomic E-state index is 0.128. The van der Waals surface area contributed by atoms with E-state index in [9.17, 15) is 0 Å². The quantitative estimate of drug-likeness (QED) is 0.504. The monoisotopic (exact) mass is 388 g/mol. The lowest BCUT2D eigenvalue weighted by molar-refractivity contribution is 0.303. The summed E-state index contributed by atoms with van der Waals surface area (Å²) >= 11 is 2.10. The second-order valence-corrected chi connectivity index (χ2v) is 10.1. The molecule has 4 aliphatic carbocycles. The summed E-state index contributed by atoms with van der Waals surface area (Å²) in [6.07, 6.45) is 28.5. The first-order chi connectivity index (χ1) is 14.3. The molecule has 1 aliphatic heterocycles. The molecule has 4 unspecified atom stereocenters. The first kappa shape index (κ1) is 16.1. The molecule has 0 bridgehead atoms. The molecule has 2 aromatic carbocycles. The third kappa shape index (κ3) is 1.53. The molecule has 0 N–H and O–H groups in total. The van der Waals surface area contributed by atoms with Crippen molar-refractivity contribution in [3.8, 4) is 0 Å². The highest BCUT2D eigenvalue weighted by Crippen LogP contribution is 2.77. The van der Waals surface area contributed by atoms with Gasteiger partial charge >= 0.3 is 0 Å². The largest absolute Gasteiger partial charge is 0.129 e. The van der Waals surface area contributed by atoms with E-state index in [1.807, 2.05) is 0 Å². The van der Waals surface area contributed by atoms with Crippen molar-refractivity contribution < 1.29 is 0 Å². The standard InChI is InChI=1S/C28H20S/c1-3-11-23-21(9-1)13-19-25-15-5-7-17-27(23,25)28-18-8-6-16-26(28,29-25)20-14-22-10-2-4-12-24(22)28/h1-20H. The number of rotatable bonds is 0. The van der Waals surface area contributed by atoms with Gasteiger partial charge in [0.2, 0.25) is 0 Å².